The zero-order chi connectivity index (χ0) is 20.8. The smallest absolute Gasteiger partial charge is 0.303 e. The minimum Gasteiger partial charge on any atom is -0.303 e. The maximum Gasteiger partial charge on any atom is 0.466 e. The summed E-state index contributed by atoms with van der Waals surface area (Å²) in [5.41, 5.74) is 0. The minimum absolute atomic E-state index is 0.329. The van der Waals surface area contributed by atoms with Crippen LogP contribution in [0.25, 0.3) is 0 Å². The molecule has 3 N–H and O–H groups in total. The zero-order valence-electron chi connectivity index (χ0n) is 16.8. The second kappa shape index (κ2) is 21.5. The molecule has 0 unspecified atom stereocenters. The summed E-state index contributed by atoms with van der Waals surface area (Å²) in [4.78, 5) is 45.5. The first-order valence-electron chi connectivity index (χ1n) is 10.2. The summed E-state index contributed by atoms with van der Waals surface area (Å²) >= 11 is 0. The lowest BCUT2D eigenvalue weighted by molar-refractivity contribution is -0.117. The van der Waals surface area contributed by atoms with Crippen molar-refractivity contribution in [2.75, 3.05) is 0 Å². The number of aliphatic imine (C=N–C) groups is 1. The molecule has 8 heteroatoms. The lowest BCUT2D eigenvalue weighted by atomic mass is 10.0. The molecule has 7 nitrogen and oxygen atoms in total. The summed E-state index contributed by atoms with van der Waals surface area (Å²) in [5, 5.41) is 0. The van der Waals surface area contributed by atoms with E-state index in [0.29, 0.717) is 6.42 Å². The van der Waals surface area contributed by atoms with Gasteiger partial charge >= 0.3 is 7.82 Å². The van der Waals surface area contributed by atoms with Gasteiger partial charge in [-0.1, -0.05) is 96.8 Å². The highest BCUT2D eigenvalue weighted by Gasteiger charge is 2.00. The first kappa shape index (κ1) is 28.4. The molecule has 0 aromatic heterocycles. The van der Waals surface area contributed by atoms with Crippen LogP contribution >= 0.6 is 7.82 Å². The van der Waals surface area contributed by atoms with Gasteiger partial charge in [-0.15, -0.1) is 4.99 Å². The molecule has 0 saturated carbocycles. The summed E-state index contributed by atoms with van der Waals surface area (Å²) in [6.07, 6.45) is 21.3. The van der Waals surface area contributed by atoms with E-state index in [9.17, 15) is 9.59 Å². The number of rotatable bonds is 16. The van der Waals surface area contributed by atoms with Gasteiger partial charge in [0.2, 0.25) is 6.08 Å². The molecule has 0 aliphatic heterocycles. The van der Waals surface area contributed by atoms with Gasteiger partial charge in [-0.2, -0.15) is 0 Å². The predicted molar refractivity (Wildman–Crippen MR) is 107 cm³/mol. The van der Waals surface area contributed by atoms with Crippen molar-refractivity contribution >= 4 is 19.8 Å². The molecule has 0 aromatic rings. The molecule has 160 valence electrons. The molecule has 0 aliphatic rings. The molecule has 0 fully saturated rings. The van der Waals surface area contributed by atoms with Gasteiger partial charge < -0.3 is 14.7 Å². The number of isocyanates is 1. The molecule has 0 aromatic carbocycles. The number of hydrogen-bond donors (Lipinski definition) is 3. The van der Waals surface area contributed by atoms with Crippen LogP contribution in [-0.4, -0.2) is 26.7 Å². The largest absolute Gasteiger partial charge is 0.466 e. The number of carbonyl (C=O) groups is 1. The van der Waals surface area contributed by atoms with E-state index in [2.05, 4.69) is 11.9 Å². The highest BCUT2D eigenvalue weighted by Crippen LogP contribution is 2.25. The van der Waals surface area contributed by atoms with E-state index in [-0.39, 0.29) is 5.91 Å². The van der Waals surface area contributed by atoms with Crippen molar-refractivity contribution in [2.45, 2.75) is 110 Å². The van der Waals surface area contributed by atoms with Crippen molar-refractivity contribution in [3.63, 3.8) is 0 Å². The van der Waals surface area contributed by atoms with Crippen LogP contribution in [0.15, 0.2) is 4.99 Å². The van der Waals surface area contributed by atoms with Gasteiger partial charge in [0.25, 0.3) is 5.91 Å². The van der Waals surface area contributed by atoms with Crippen molar-refractivity contribution < 1.29 is 28.8 Å². The molecule has 0 rings (SSSR count). The van der Waals surface area contributed by atoms with Crippen LogP contribution < -0.4 is 0 Å². The average Bonchev–Trinajstić information content (AvgIpc) is 2.57. The number of amides is 1. The Balaban J connectivity index is 0. The van der Waals surface area contributed by atoms with Crippen molar-refractivity contribution in [1.82, 2.24) is 0 Å². The first-order chi connectivity index (χ1) is 12.8. The quantitative estimate of drug-likeness (QED) is 0.140. The monoisotopic (exact) mass is 407 g/mol. The Morgan fingerprint density at radius 1 is 0.741 bits per heavy atom. The summed E-state index contributed by atoms with van der Waals surface area (Å²) in [6, 6.07) is 0. The fourth-order valence-electron chi connectivity index (χ4n) is 2.75. The Morgan fingerprint density at radius 3 is 1.33 bits per heavy atom. The number of phosphoric acid groups is 1. The SMILES string of the molecule is CCCCCCCCCCCCCCCCCC(=O)N=C=O.O=P(O)(O)O. The summed E-state index contributed by atoms with van der Waals surface area (Å²) in [7, 11) is -4.64. The number of hydrogen-bond acceptors (Lipinski definition) is 3. The van der Waals surface area contributed by atoms with E-state index >= 15 is 0 Å². The summed E-state index contributed by atoms with van der Waals surface area (Å²) in [6.45, 7) is 2.27. The molecule has 0 atom stereocenters. The molecule has 0 aliphatic carbocycles. The Hall–Kier alpha value is -0.840. The van der Waals surface area contributed by atoms with E-state index in [0.717, 1.165) is 12.8 Å². The lowest BCUT2D eigenvalue weighted by Gasteiger charge is -2.03. The van der Waals surface area contributed by atoms with E-state index < -0.39 is 7.82 Å². The average molecular weight is 407 g/mol. The molecule has 0 spiro atoms. The second-order valence-electron chi connectivity index (χ2n) is 6.81. The van der Waals surface area contributed by atoms with Crippen LogP contribution in [0.1, 0.15) is 110 Å². The number of unbranched alkanes of at least 4 members (excludes halogenated alkanes) is 14. The molecule has 0 heterocycles. The van der Waals surface area contributed by atoms with Gasteiger partial charge in [-0.3, -0.25) is 4.79 Å². The molecule has 1 amide bonds. The maximum atomic E-state index is 10.9. The Morgan fingerprint density at radius 2 is 1.04 bits per heavy atom. The Labute approximate surface area is 163 Å². The van der Waals surface area contributed by atoms with Crippen LogP contribution in [0.2, 0.25) is 0 Å². The second-order valence-corrected chi connectivity index (χ2v) is 7.84. The van der Waals surface area contributed by atoms with Gasteiger partial charge in [0.1, 0.15) is 0 Å². The van der Waals surface area contributed by atoms with Gasteiger partial charge in [-0.05, 0) is 6.42 Å². The molecule has 0 saturated heterocycles. The van der Waals surface area contributed by atoms with Crippen LogP contribution in [-0.2, 0) is 14.2 Å². The number of carbonyl (C=O) groups excluding carboxylic acids is 2. The van der Waals surface area contributed by atoms with Crippen LogP contribution in [0.4, 0.5) is 0 Å². The Kier molecular flexibility index (Phi) is 22.5. The lowest BCUT2D eigenvalue weighted by Crippen LogP contribution is -1.92. The van der Waals surface area contributed by atoms with Crippen LogP contribution in [0.3, 0.4) is 0 Å². The third kappa shape index (κ3) is 36.8. The molecule has 0 bridgehead atoms. The third-order valence-electron chi connectivity index (χ3n) is 4.16. The molecular weight excluding hydrogens is 369 g/mol. The molecule has 0 radical (unpaired) electrons. The van der Waals surface area contributed by atoms with Gasteiger partial charge in [-0.25, -0.2) is 9.36 Å². The number of nitrogens with zero attached hydrogens (tertiary/aromatic N) is 1. The minimum atomic E-state index is -4.64. The molecular formula is C19H38NO6P. The summed E-state index contributed by atoms with van der Waals surface area (Å²) in [5.74, 6) is -0.329. The normalized spacial score (nSPS) is 10.7. The van der Waals surface area contributed by atoms with E-state index in [1.807, 2.05) is 0 Å². The Bertz CT molecular complexity index is 424. The zero-order valence-corrected chi connectivity index (χ0v) is 17.7. The van der Waals surface area contributed by atoms with Crippen molar-refractivity contribution in [1.29, 1.82) is 0 Å². The molecule has 27 heavy (non-hydrogen) atoms. The van der Waals surface area contributed by atoms with E-state index in [4.69, 9.17) is 19.2 Å². The standard InChI is InChI=1S/C19H35NO2.H3O4P/c1-2-3-4-5-6-7-8-9-10-11-12-13-14-15-16-17-19(22)20-18-21;1-5(2,3)4/h2-17H2,1H3;(H3,1,2,3,4). The van der Waals surface area contributed by atoms with Crippen LogP contribution in [0, 0.1) is 0 Å². The first-order valence-corrected chi connectivity index (χ1v) is 11.8. The van der Waals surface area contributed by atoms with E-state index in [1.54, 1.807) is 0 Å². The fourth-order valence-corrected chi connectivity index (χ4v) is 2.75. The van der Waals surface area contributed by atoms with Crippen molar-refractivity contribution in [2.24, 2.45) is 4.99 Å². The third-order valence-corrected chi connectivity index (χ3v) is 4.16. The predicted octanol–water partition coefficient (Wildman–Crippen LogP) is 5.18. The van der Waals surface area contributed by atoms with Crippen molar-refractivity contribution in [3.8, 4) is 0 Å². The summed E-state index contributed by atoms with van der Waals surface area (Å²) < 4.78 is 8.88. The van der Waals surface area contributed by atoms with Crippen molar-refractivity contribution in [3.05, 3.63) is 0 Å². The topological polar surface area (TPSA) is 124 Å². The highest BCUT2D eigenvalue weighted by molar-refractivity contribution is 7.45. The van der Waals surface area contributed by atoms with E-state index in [1.165, 1.54) is 89.6 Å². The van der Waals surface area contributed by atoms with Crippen LogP contribution in [0.5, 0.6) is 0 Å². The maximum absolute atomic E-state index is 10.9. The fraction of sp³-hybridized carbons (Fsp3) is 0.895. The highest BCUT2D eigenvalue weighted by atomic mass is 31.2. The van der Waals surface area contributed by atoms with Gasteiger partial charge in [0.05, 0.1) is 0 Å². The van der Waals surface area contributed by atoms with Gasteiger partial charge in [0.15, 0.2) is 0 Å². The van der Waals surface area contributed by atoms with Gasteiger partial charge in [0, 0.05) is 6.42 Å².